The van der Waals surface area contributed by atoms with E-state index < -0.39 is 0 Å². The fourth-order valence-electron chi connectivity index (χ4n) is 3.15. The second-order valence-corrected chi connectivity index (χ2v) is 5.86. The molecule has 2 aromatic rings. The molecule has 3 rings (SSSR count). The maximum atomic E-state index is 11.2. The van der Waals surface area contributed by atoms with Gasteiger partial charge in [-0.2, -0.15) is 0 Å². The van der Waals surface area contributed by atoms with E-state index in [1.807, 2.05) is 18.2 Å². The predicted octanol–water partition coefficient (Wildman–Crippen LogP) is 3.09. The standard InChI is InChI=1S/C15H21N3O/c1-10-3-2-4-11(7-10)9-16-12-5-6-13-14(8-12)18-15(19)17-13/h5-6,8,10-11,16H,2-4,7,9H2,1H3,(H2,17,18,19). The van der Waals surface area contributed by atoms with Gasteiger partial charge in [-0.05, 0) is 42.9 Å². The minimum absolute atomic E-state index is 0.145. The molecule has 1 heterocycles. The molecule has 102 valence electrons. The molecule has 1 aliphatic rings. The molecule has 1 aromatic heterocycles. The van der Waals surface area contributed by atoms with Crippen LogP contribution in [-0.2, 0) is 0 Å². The van der Waals surface area contributed by atoms with Crippen molar-refractivity contribution in [3.63, 3.8) is 0 Å². The number of fused-ring (bicyclic) bond motifs is 1. The maximum absolute atomic E-state index is 11.2. The highest BCUT2D eigenvalue weighted by atomic mass is 16.1. The van der Waals surface area contributed by atoms with E-state index in [0.29, 0.717) is 0 Å². The van der Waals surface area contributed by atoms with E-state index in [4.69, 9.17) is 0 Å². The van der Waals surface area contributed by atoms with Gasteiger partial charge in [0.2, 0.25) is 0 Å². The number of hydrogen-bond acceptors (Lipinski definition) is 2. The summed E-state index contributed by atoms with van der Waals surface area (Å²) in [5, 5.41) is 3.50. The van der Waals surface area contributed by atoms with Gasteiger partial charge in [0.1, 0.15) is 0 Å². The molecular formula is C15H21N3O. The van der Waals surface area contributed by atoms with E-state index >= 15 is 0 Å². The molecule has 0 radical (unpaired) electrons. The number of aromatic nitrogens is 2. The fourth-order valence-corrected chi connectivity index (χ4v) is 3.15. The molecule has 0 bridgehead atoms. The summed E-state index contributed by atoms with van der Waals surface area (Å²) < 4.78 is 0. The summed E-state index contributed by atoms with van der Waals surface area (Å²) in [4.78, 5) is 16.8. The third-order valence-corrected chi connectivity index (χ3v) is 4.16. The number of hydrogen-bond donors (Lipinski definition) is 3. The maximum Gasteiger partial charge on any atom is 0.323 e. The minimum atomic E-state index is -0.145. The van der Waals surface area contributed by atoms with Gasteiger partial charge in [-0.25, -0.2) is 4.79 Å². The predicted molar refractivity (Wildman–Crippen MR) is 78.5 cm³/mol. The summed E-state index contributed by atoms with van der Waals surface area (Å²) in [5.41, 5.74) is 2.67. The second-order valence-electron chi connectivity index (χ2n) is 5.86. The first kappa shape index (κ1) is 12.3. The molecule has 1 fully saturated rings. The Morgan fingerprint density at radius 2 is 2.11 bits per heavy atom. The molecule has 3 N–H and O–H groups in total. The van der Waals surface area contributed by atoms with E-state index in [2.05, 4.69) is 22.2 Å². The zero-order valence-corrected chi connectivity index (χ0v) is 11.3. The van der Waals surface area contributed by atoms with Crippen LogP contribution in [0.25, 0.3) is 11.0 Å². The highest BCUT2D eigenvalue weighted by Gasteiger charge is 2.18. The third-order valence-electron chi connectivity index (χ3n) is 4.16. The lowest BCUT2D eigenvalue weighted by molar-refractivity contribution is 0.293. The third kappa shape index (κ3) is 2.83. The van der Waals surface area contributed by atoms with Crippen molar-refractivity contribution in [3.8, 4) is 0 Å². The quantitative estimate of drug-likeness (QED) is 0.793. The summed E-state index contributed by atoms with van der Waals surface area (Å²) in [5.74, 6) is 1.65. The van der Waals surface area contributed by atoms with Crippen molar-refractivity contribution in [1.29, 1.82) is 0 Å². The molecule has 4 nitrogen and oxygen atoms in total. The number of aromatic amines is 2. The van der Waals surface area contributed by atoms with E-state index in [9.17, 15) is 4.79 Å². The Labute approximate surface area is 112 Å². The number of anilines is 1. The van der Waals surface area contributed by atoms with E-state index in [1.54, 1.807) is 0 Å². The monoisotopic (exact) mass is 259 g/mol. The van der Waals surface area contributed by atoms with E-state index in [1.165, 1.54) is 25.7 Å². The lowest BCUT2D eigenvalue weighted by atomic mass is 9.82. The molecule has 1 saturated carbocycles. The Morgan fingerprint density at radius 3 is 2.95 bits per heavy atom. The van der Waals surface area contributed by atoms with Gasteiger partial charge in [-0.3, -0.25) is 0 Å². The van der Waals surface area contributed by atoms with Crippen molar-refractivity contribution < 1.29 is 0 Å². The summed E-state index contributed by atoms with van der Waals surface area (Å²) in [6.07, 6.45) is 5.40. The summed E-state index contributed by atoms with van der Waals surface area (Å²) in [7, 11) is 0. The van der Waals surface area contributed by atoms with Gasteiger partial charge in [-0.1, -0.05) is 19.8 Å². The molecule has 0 spiro atoms. The van der Waals surface area contributed by atoms with Crippen molar-refractivity contribution in [3.05, 3.63) is 28.7 Å². The largest absolute Gasteiger partial charge is 0.385 e. The topological polar surface area (TPSA) is 60.7 Å². The minimum Gasteiger partial charge on any atom is -0.385 e. The Balaban J connectivity index is 1.66. The molecule has 1 aliphatic carbocycles. The van der Waals surface area contributed by atoms with Gasteiger partial charge < -0.3 is 15.3 Å². The highest BCUT2D eigenvalue weighted by Crippen LogP contribution is 2.28. The van der Waals surface area contributed by atoms with Gasteiger partial charge in [0.15, 0.2) is 0 Å². The number of nitrogens with one attached hydrogen (secondary N) is 3. The second kappa shape index (κ2) is 5.11. The van der Waals surface area contributed by atoms with E-state index in [0.717, 1.165) is 35.1 Å². The van der Waals surface area contributed by atoms with Crippen LogP contribution in [0.5, 0.6) is 0 Å². The summed E-state index contributed by atoms with van der Waals surface area (Å²) >= 11 is 0. The van der Waals surface area contributed by atoms with Crippen molar-refractivity contribution in [2.75, 3.05) is 11.9 Å². The number of benzene rings is 1. The van der Waals surface area contributed by atoms with Crippen LogP contribution in [0, 0.1) is 11.8 Å². The van der Waals surface area contributed by atoms with Crippen LogP contribution in [0.4, 0.5) is 5.69 Å². The number of rotatable bonds is 3. The SMILES string of the molecule is CC1CCCC(CNc2ccc3[nH]c(=O)[nH]c3c2)C1. The van der Waals surface area contributed by atoms with Gasteiger partial charge in [-0.15, -0.1) is 0 Å². The van der Waals surface area contributed by atoms with Gasteiger partial charge in [0.25, 0.3) is 0 Å². The van der Waals surface area contributed by atoms with Crippen LogP contribution >= 0.6 is 0 Å². The first-order valence-electron chi connectivity index (χ1n) is 7.16. The summed E-state index contributed by atoms with van der Waals surface area (Å²) in [6.45, 7) is 3.38. The Bertz CT molecular complexity index is 613. The first-order chi connectivity index (χ1) is 9.20. The molecule has 4 heteroatoms. The molecule has 0 aliphatic heterocycles. The fraction of sp³-hybridized carbons (Fsp3) is 0.533. The molecule has 2 atom stereocenters. The van der Waals surface area contributed by atoms with Crippen molar-refractivity contribution >= 4 is 16.7 Å². The molecule has 1 aromatic carbocycles. The van der Waals surface area contributed by atoms with Crippen LogP contribution in [0.1, 0.15) is 32.6 Å². The molecule has 0 saturated heterocycles. The lowest BCUT2D eigenvalue weighted by Gasteiger charge is -2.27. The van der Waals surface area contributed by atoms with Crippen LogP contribution in [0.15, 0.2) is 23.0 Å². The van der Waals surface area contributed by atoms with Crippen LogP contribution < -0.4 is 11.0 Å². The molecular weight excluding hydrogens is 238 g/mol. The first-order valence-corrected chi connectivity index (χ1v) is 7.16. The van der Waals surface area contributed by atoms with Gasteiger partial charge in [0.05, 0.1) is 11.0 Å². The lowest BCUT2D eigenvalue weighted by Crippen LogP contribution is -2.20. The van der Waals surface area contributed by atoms with Crippen molar-refractivity contribution in [2.24, 2.45) is 11.8 Å². The van der Waals surface area contributed by atoms with Gasteiger partial charge >= 0.3 is 5.69 Å². The number of H-pyrrole nitrogens is 2. The van der Waals surface area contributed by atoms with Gasteiger partial charge in [0, 0.05) is 12.2 Å². The summed E-state index contributed by atoms with van der Waals surface area (Å²) in [6, 6.07) is 5.97. The molecule has 2 unspecified atom stereocenters. The van der Waals surface area contributed by atoms with Crippen LogP contribution in [-0.4, -0.2) is 16.5 Å². The number of imidazole rings is 1. The Morgan fingerprint density at radius 1 is 1.26 bits per heavy atom. The van der Waals surface area contributed by atoms with Crippen LogP contribution in [0.2, 0.25) is 0 Å². The van der Waals surface area contributed by atoms with E-state index in [-0.39, 0.29) is 5.69 Å². The van der Waals surface area contributed by atoms with Crippen LogP contribution in [0.3, 0.4) is 0 Å². The average Bonchev–Trinajstić information content (AvgIpc) is 2.75. The molecule has 0 amide bonds. The zero-order chi connectivity index (χ0) is 13.2. The zero-order valence-electron chi connectivity index (χ0n) is 11.3. The average molecular weight is 259 g/mol. The smallest absolute Gasteiger partial charge is 0.323 e. The molecule has 19 heavy (non-hydrogen) atoms. The highest BCUT2D eigenvalue weighted by molar-refractivity contribution is 5.78. The Kier molecular flexibility index (Phi) is 3.32. The van der Waals surface area contributed by atoms with Crippen molar-refractivity contribution in [1.82, 2.24) is 9.97 Å². The van der Waals surface area contributed by atoms with Crippen molar-refractivity contribution in [2.45, 2.75) is 32.6 Å². The normalized spacial score (nSPS) is 23.6. The Hall–Kier alpha value is -1.71.